The van der Waals surface area contributed by atoms with Crippen LogP contribution < -0.4 is 5.32 Å². The van der Waals surface area contributed by atoms with E-state index in [0.717, 1.165) is 36.1 Å². The molecule has 0 aromatic heterocycles. The Morgan fingerprint density at radius 1 is 1.19 bits per heavy atom. The van der Waals surface area contributed by atoms with Gasteiger partial charge in [-0.05, 0) is 36.3 Å². The Morgan fingerprint density at radius 3 is 2.52 bits per heavy atom. The number of ether oxygens (including phenoxy) is 1. The van der Waals surface area contributed by atoms with Crippen molar-refractivity contribution in [3.05, 3.63) is 35.4 Å². The largest absolute Gasteiger partial charge is 0.454 e. The van der Waals surface area contributed by atoms with Gasteiger partial charge in [0, 0.05) is 13.6 Å². The second kappa shape index (κ2) is 9.49. The lowest BCUT2D eigenvalue weighted by Crippen LogP contribution is -2.54. The van der Waals surface area contributed by atoms with Crippen molar-refractivity contribution in [2.75, 3.05) is 20.2 Å². The molecule has 8 nitrogen and oxygen atoms in total. The Kier molecular flexibility index (Phi) is 6.97. The summed E-state index contributed by atoms with van der Waals surface area (Å²) in [6, 6.07) is 7.40. The number of rotatable bonds is 7. The first-order valence-electron chi connectivity index (χ1n) is 10.9. The van der Waals surface area contributed by atoms with Crippen molar-refractivity contribution < 1.29 is 23.9 Å². The van der Waals surface area contributed by atoms with Crippen LogP contribution in [0.4, 0.5) is 4.79 Å². The molecular weight excluding hydrogens is 398 g/mol. The number of amides is 4. The van der Waals surface area contributed by atoms with Crippen molar-refractivity contribution in [1.82, 2.24) is 15.1 Å². The van der Waals surface area contributed by atoms with Gasteiger partial charge in [0.25, 0.3) is 11.8 Å². The quantitative estimate of drug-likeness (QED) is 0.530. The van der Waals surface area contributed by atoms with E-state index in [4.69, 9.17) is 4.74 Å². The van der Waals surface area contributed by atoms with Crippen LogP contribution in [-0.4, -0.2) is 59.4 Å². The zero-order valence-electron chi connectivity index (χ0n) is 18.5. The Morgan fingerprint density at radius 2 is 1.87 bits per heavy atom. The molecule has 3 rings (SSSR count). The molecule has 0 bridgehead atoms. The Hall–Kier alpha value is -2.90. The summed E-state index contributed by atoms with van der Waals surface area (Å²) < 4.78 is 5.06. The minimum Gasteiger partial charge on any atom is -0.454 e. The van der Waals surface area contributed by atoms with E-state index >= 15 is 0 Å². The summed E-state index contributed by atoms with van der Waals surface area (Å²) in [4.78, 5) is 52.2. The zero-order valence-corrected chi connectivity index (χ0v) is 18.5. The fourth-order valence-corrected chi connectivity index (χ4v) is 4.31. The van der Waals surface area contributed by atoms with Crippen LogP contribution in [0, 0.1) is 5.92 Å². The molecule has 1 spiro atoms. The molecular formula is C23H31N3O5. The maximum absolute atomic E-state index is 12.9. The van der Waals surface area contributed by atoms with Crippen molar-refractivity contribution in [1.29, 1.82) is 0 Å². The van der Waals surface area contributed by atoms with E-state index in [1.54, 1.807) is 7.05 Å². The van der Waals surface area contributed by atoms with Gasteiger partial charge in [-0.1, -0.05) is 51.0 Å². The van der Waals surface area contributed by atoms with Gasteiger partial charge >= 0.3 is 12.0 Å². The summed E-state index contributed by atoms with van der Waals surface area (Å²) in [7, 11) is 1.63. The van der Waals surface area contributed by atoms with E-state index in [1.165, 1.54) is 10.5 Å². The molecule has 168 valence electrons. The van der Waals surface area contributed by atoms with Gasteiger partial charge in [0.1, 0.15) is 12.1 Å². The van der Waals surface area contributed by atoms with Crippen molar-refractivity contribution in [3.63, 3.8) is 0 Å². The predicted molar refractivity (Wildman–Crippen MR) is 114 cm³/mol. The molecule has 2 aliphatic rings. The SMILES string of the molecule is CCc1ccc(CN(C)C(=O)COC(=O)CN2C(=O)N[C@@]3(CCCC[C@H]3C)C2=O)cc1. The summed E-state index contributed by atoms with van der Waals surface area (Å²) >= 11 is 0. The van der Waals surface area contributed by atoms with Gasteiger partial charge in [0.15, 0.2) is 6.61 Å². The lowest BCUT2D eigenvalue weighted by Gasteiger charge is -2.36. The molecule has 1 aromatic carbocycles. The fourth-order valence-electron chi connectivity index (χ4n) is 4.31. The summed E-state index contributed by atoms with van der Waals surface area (Å²) in [5.74, 6) is -1.50. The van der Waals surface area contributed by atoms with Crippen LogP contribution in [0.3, 0.4) is 0 Å². The molecule has 2 atom stereocenters. The van der Waals surface area contributed by atoms with Gasteiger partial charge in [-0.15, -0.1) is 0 Å². The van der Waals surface area contributed by atoms with Crippen LogP contribution in [0.25, 0.3) is 0 Å². The number of carbonyl (C=O) groups is 4. The topological polar surface area (TPSA) is 96.0 Å². The molecule has 1 N–H and O–H groups in total. The molecule has 1 aliphatic carbocycles. The first-order chi connectivity index (χ1) is 14.8. The number of esters is 1. The van der Waals surface area contributed by atoms with Gasteiger partial charge in [-0.3, -0.25) is 19.3 Å². The van der Waals surface area contributed by atoms with Crippen molar-refractivity contribution in [3.8, 4) is 0 Å². The third-order valence-electron chi connectivity index (χ3n) is 6.42. The number of imide groups is 1. The number of carbonyl (C=O) groups excluding carboxylic acids is 4. The number of nitrogens with zero attached hydrogens (tertiary/aromatic N) is 2. The highest BCUT2D eigenvalue weighted by Gasteiger charge is 2.55. The third kappa shape index (κ3) is 4.89. The lowest BCUT2D eigenvalue weighted by molar-refractivity contribution is -0.153. The number of aryl methyl sites for hydroxylation is 1. The second-order valence-corrected chi connectivity index (χ2v) is 8.52. The van der Waals surface area contributed by atoms with Crippen LogP contribution >= 0.6 is 0 Å². The minimum absolute atomic E-state index is 0.0142. The normalized spacial score (nSPS) is 23.1. The van der Waals surface area contributed by atoms with Crippen molar-refractivity contribution >= 4 is 23.8 Å². The van der Waals surface area contributed by atoms with Crippen LogP contribution in [0.2, 0.25) is 0 Å². The summed E-state index contributed by atoms with van der Waals surface area (Å²) in [6.45, 7) is 3.49. The maximum atomic E-state index is 12.9. The van der Waals surface area contributed by atoms with Gasteiger partial charge in [0.2, 0.25) is 0 Å². The third-order valence-corrected chi connectivity index (χ3v) is 6.42. The van der Waals surface area contributed by atoms with Gasteiger partial charge in [-0.25, -0.2) is 4.79 Å². The molecule has 1 aliphatic heterocycles. The molecule has 8 heteroatoms. The smallest absolute Gasteiger partial charge is 0.326 e. The summed E-state index contributed by atoms with van der Waals surface area (Å²) in [6.07, 6.45) is 4.25. The summed E-state index contributed by atoms with van der Waals surface area (Å²) in [5.41, 5.74) is 1.28. The first-order valence-corrected chi connectivity index (χ1v) is 10.9. The average molecular weight is 430 g/mol. The standard InChI is InChI=1S/C23H31N3O5/c1-4-17-8-10-18(11-9-17)13-25(3)19(27)15-31-20(28)14-26-21(29)23(24-22(26)30)12-6-5-7-16(23)2/h8-11,16H,4-7,12-15H2,1-3H3,(H,24,30)/t16-,23-/m1/s1. The predicted octanol–water partition coefficient (Wildman–Crippen LogP) is 2.25. The second-order valence-electron chi connectivity index (χ2n) is 8.52. The fraction of sp³-hybridized carbons (Fsp3) is 0.565. The van der Waals surface area contributed by atoms with Crippen LogP contribution in [0.5, 0.6) is 0 Å². The van der Waals surface area contributed by atoms with Crippen molar-refractivity contribution in [2.24, 2.45) is 5.92 Å². The number of benzene rings is 1. The number of hydrogen-bond donors (Lipinski definition) is 1. The molecule has 1 saturated carbocycles. The monoisotopic (exact) mass is 429 g/mol. The number of urea groups is 1. The summed E-state index contributed by atoms with van der Waals surface area (Å²) in [5, 5.41) is 2.80. The highest BCUT2D eigenvalue weighted by atomic mass is 16.5. The highest BCUT2D eigenvalue weighted by Crippen LogP contribution is 2.38. The van der Waals surface area contributed by atoms with Gasteiger partial charge in [-0.2, -0.15) is 0 Å². The van der Waals surface area contributed by atoms with Crippen LogP contribution in [0.1, 0.15) is 50.7 Å². The number of nitrogens with one attached hydrogen (secondary N) is 1. The van der Waals surface area contributed by atoms with E-state index < -0.39 is 30.7 Å². The van der Waals surface area contributed by atoms with E-state index in [0.29, 0.717) is 13.0 Å². The molecule has 1 aromatic rings. The molecule has 2 fully saturated rings. The zero-order chi connectivity index (χ0) is 22.6. The number of likely N-dealkylation sites (N-methyl/N-ethyl adjacent to an activating group) is 1. The minimum atomic E-state index is -0.918. The van der Waals surface area contributed by atoms with E-state index in [-0.39, 0.29) is 17.7 Å². The van der Waals surface area contributed by atoms with Crippen LogP contribution in [-0.2, 0) is 32.1 Å². The number of hydrogen-bond acceptors (Lipinski definition) is 5. The lowest BCUT2D eigenvalue weighted by atomic mass is 9.73. The van der Waals surface area contributed by atoms with Gasteiger partial charge < -0.3 is 15.0 Å². The highest BCUT2D eigenvalue weighted by molar-refractivity contribution is 6.09. The van der Waals surface area contributed by atoms with E-state index in [1.807, 2.05) is 31.2 Å². The Balaban J connectivity index is 1.49. The molecule has 1 heterocycles. The molecule has 31 heavy (non-hydrogen) atoms. The first kappa shape index (κ1) is 22.8. The van der Waals surface area contributed by atoms with E-state index in [9.17, 15) is 19.2 Å². The van der Waals surface area contributed by atoms with Crippen molar-refractivity contribution in [2.45, 2.75) is 58.0 Å². The Bertz CT molecular complexity index is 853. The van der Waals surface area contributed by atoms with E-state index in [2.05, 4.69) is 12.2 Å². The van der Waals surface area contributed by atoms with Crippen LogP contribution in [0.15, 0.2) is 24.3 Å². The molecule has 0 unspecified atom stereocenters. The maximum Gasteiger partial charge on any atom is 0.326 e. The Labute approximate surface area is 182 Å². The molecule has 1 saturated heterocycles. The average Bonchev–Trinajstić information content (AvgIpc) is 2.99. The molecule has 4 amide bonds. The molecule has 0 radical (unpaired) electrons. The van der Waals surface area contributed by atoms with Gasteiger partial charge in [0.05, 0.1) is 0 Å².